The van der Waals surface area contributed by atoms with Crippen LogP contribution in [0.4, 0.5) is 0 Å². The quantitative estimate of drug-likeness (QED) is 0.540. The number of aliphatic carboxylic acids is 1. The molecule has 0 aromatic heterocycles. The molecule has 0 saturated heterocycles. The Bertz CT molecular complexity index is 465. The maximum absolute atomic E-state index is 11.4. The molecular formula is C16H25NO3S. The first-order valence-electron chi connectivity index (χ1n) is 7.15. The van der Waals surface area contributed by atoms with Crippen molar-refractivity contribution in [1.29, 1.82) is 0 Å². The van der Waals surface area contributed by atoms with Crippen molar-refractivity contribution in [3.8, 4) is 5.75 Å². The normalized spacial score (nSPS) is 14.0. The number of carboxylic acids is 1. The Balaban J connectivity index is 2.45. The predicted octanol–water partition coefficient (Wildman–Crippen LogP) is 3.41. The highest BCUT2D eigenvalue weighted by Gasteiger charge is 2.32. The van der Waals surface area contributed by atoms with Gasteiger partial charge < -0.3 is 9.84 Å². The first kappa shape index (κ1) is 17.9. The summed E-state index contributed by atoms with van der Waals surface area (Å²) in [5.41, 5.74) is -0.858. The number of ether oxygens (including phenoxy) is 1. The van der Waals surface area contributed by atoms with Gasteiger partial charge in [-0.2, -0.15) is 0 Å². The second-order valence-electron chi connectivity index (χ2n) is 5.57. The molecule has 0 bridgehead atoms. The monoisotopic (exact) mass is 311 g/mol. The molecule has 1 unspecified atom stereocenters. The SMILES string of the molecule is COc1cccc(SCCCC(C)(NC(C)C)C(=O)O)c1. The minimum atomic E-state index is -0.858. The minimum absolute atomic E-state index is 0.150. The van der Waals surface area contributed by atoms with E-state index in [0.29, 0.717) is 6.42 Å². The summed E-state index contributed by atoms with van der Waals surface area (Å²) in [6.45, 7) is 5.68. The van der Waals surface area contributed by atoms with Gasteiger partial charge >= 0.3 is 5.97 Å². The molecule has 1 atom stereocenters. The van der Waals surface area contributed by atoms with Gasteiger partial charge in [0.1, 0.15) is 11.3 Å². The molecule has 1 aromatic rings. The summed E-state index contributed by atoms with van der Waals surface area (Å²) in [7, 11) is 1.65. The highest BCUT2D eigenvalue weighted by atomic mass is 32.2. The molecule has 5 heteroatoms. The molecule has 0 aliphatic heterocycles. The van der Waals surface area contributed by atoms with Gasteiger partial charge in [0.05, 0.1) is 7.11 Å². The third-order valence-electron chi connectivity index (χ3n) is 3.21. The lowest BCUT2D eigenvalue weighted by molar-refractivity contribution is -0.144. The lowest BCUT2D eigenvalue weighted by Crippen LogP contribution is -2.52. The average molecular weight is 311 g/mol. The van der Waals surface area contributed by atoms with Crippen molar-refractivity contribution in [3.63, 3.8) is 0 Å². The van der Waals surface area contributed by atoms with Gasteiger partial charge in [-0.05, 0) is 57.6 Å². The number of hydrogen-bond acceptors (Lipinski definition) is 4. The standard InChI is InChI=1S/C16H25NO3S/c1-12(2)17-16(3,15(18)19)9-6-10-21-14-8-5-7-13(11-14)20-4/h5,7-8,11-12,17H,6,9-10H2,1-4H3,(H,18,19). The number of nitrogens with one attached hydrogen (secondary N) is 1. The van der Waals surface area contributed by atoms with Gasteiger partial charge in [0, 0.05) is 10.9 Å². The van der Waals surface area contributed by atoms with Gasteiger partial charge in [0.25, 0.3) is 0 Å². The summed E-state index contributed by atoms with van der Waals surface area (Å²) in [6.07, 6.45) is 1.45. The van der Waals surface area contributed by atoms with Crippen molar-refractivity contribution in [1.82, 2.24) is 5.32 Å². The van der Waals surface area contributed by atoms with Crippen LogP contribution in [0.2, 0.25) is 0 Å². The summed E-state index contributed by atoms with van der Waals surface area (Å²) >= 11 is 1.72. The zero-order chi connectivity index (χ0) is 15.9. The molecule has 0 aliphatic rings. The van der Waals surface area contributed by atoms with E-state index in [0.717, 1.165) is 22.8 Å². The fourth-order valence-corrected chi connectivity index (χ4v) is 3.08. The Morgan fingerprint density at radius 2 is 2.19 bits per heavy atom. The van der Waals surface area contributed by atoms with Crippen LogP contribution in [0.25, 0.3) is 0 Å². The highest BCUT2D eigenvalue weighted by Crippen LogP contribution is 2.25. The van der Waals surface area contributed by atoms with E-state index in [4.69, 9.17) is 4.74 Å². The summed E-state index contributed by atoms with van der Waals surface area (Å²) in [5.74, 6) is 0.940. The van der Waals surface area contributed by atoms with Gasteiger partial charge in [0.15, 0.2) is 0 Å². The maximum Gasteiger partial charge on any atom is 0.323 e. The van der Waals surface area contributed by atoms with Crippen LogP contribution in [0.3, 0.4) is 0 Å². The number of thioether (sulfide) groups is 1. The molecule has 2 N–H and O–H groups in total. The van der Waals surface area contributed by atoms with Gasteiger partial charge in [-0.3, -0.25) is 10.1 Å². The van der Waals surface area contributed by atoms with E-state index < -0.39 is 11.5 Å². The smallest absolute Gasteiger partial charge is 0.323 e. The number of carboxylic acid groups (broad SMARTS) is 1. The average Bonchev–Trinajstić information content (AvgIpc) is 2.43. The Hall–Kier alpha value is -1.20. The molecule has 4 nitrogen and oxygen atoms in total. The van der Waals surface area contributed by atoms with Gasteiger partial charge in [-0.1, -0.05) is 6.07 Å². The lowest BCUT2D eigenvalue weighted by atomic mass is 9.95. The third-order valence-corrected chi connectivity index (χ3v) is 4.29. The summed E-state index contributed by atoms with van der Waals surface area (Å²) < 4.78 is 5.19. The van der Waals surface area contributed by atoms with Crippen molar-refractivity contribution in [2.45, 2.75) is 50.1 Å². The van der Waals surface area contributed by atoms with Crippen LogP contribution in [-0.4, -0.2) is 35.5 Å². The molecule has 0 heterocycles. The number of methoxy groups -OCH3 is 1. The Morgan fingerprint density at radius 1 is 1.48 bits per heavy atom. The van der Waals surface area contributed by atoms with Crippen LogP contribution in [-0.2, 0) is 4.79 Å². The number of benzene rings is 1. The van der Waals surface area contributed by atoms with Crippen LogP contribution in [0.15, 0.2) is 29.2 Å². The van der Waals surface area contributed by atoms with Gasteiger partial charge in [-0.25, -0.2) is 0 Å². The Labute approximate surface area is 131 Å². The number of hydrogen-bond donors (Lipinski definition) is 2. The van der Waals surface area contributed by atoms with Crippen molar-refractivity contribution in [3.05, 3.63) is 24.3 Å². The zero-order valence-corrected chi connectivity index (χ0v) is 14.0. The van der Waals surface area contributed by atoms with Crippen molar-refractivity contribution >= 4 is 17.7 Å². The van der Waals surface area contributed by atoms with E-state index in [9.17, 15) is 9.90 Å². The molecule has 0 radical (unpaired) electrons. The van der Waals surface area contributed by atoms with E-state index in [1.807, 2.05) is 38.1 Å². The molecule has 1 rings (SSSR count). The van der Waals surface area contributed by atoms with E-state index in [-0.39, 0.29) is 6.04 Å². The number of rotatable bonds is 9. The Morgan fingerprint density at radius 3 is 2.76 bits per heavy atom. The summed E-state index contributed by atoms with van der Waals surface area (Å²) in [4.78, 5) is 12.6. The fourth-order valence-electron chi connectivity index (χ4n) is 2.18. The largest absolute Gasteiger partial charge is 0.497 e. The second kappa shape index (κ2) is 8.29. The van der Waals surface area contributed by atoms with Crippen molar-refractivity contribution < 1.29 is 14.6 Å². The zero-order valence-electron chi connectivity index (χ0n) is 13.2. The van der Waals surface area contributed by atoms with Crippen LogP contribution in [0.1, 0.15) is 33.6 Å². The van der Waals surface area contributed by atoms with Crippen LogP contribution >= 0.6 is 11.8 Å². The van der Waals surface area contributed by atoms with E-state index in [1.165, 1.54) is 0 Å². The fraction of sp³-hybridized carbons (Fsp3) is 0.562. The van der Waals surface area contributed by atoms with E-state index >= 15 is 0 Å². The number of carbonyl (C=O) groups is 1. The molecular weight excluding hydrogens is 286 g/mol. The molecule has 0 aliphatic carbocycles. The van der Waals surface area contributed by atoms with Crippen LogP contribution in [0.5, 0.6) is 5.75 Å². The van der Waals surface area contributed by atoms with E-state index in [1.54, 1.807) is 25.8 Å². The third kappa shape index (κ3) is 5.98. The molecule has 0 saturated carbocycles. The molecule has 118 valence electrons. The summed E-state index contributed by atoms with van der Waals surface area (Å²) in [6, 6.07) is 8.06. The Kier molecular flexibility index (Phi) is 7.05. The minimum Gasteiger partial charge on any atom is -0.497 e. The predicted molar refractivity (Wildman–Crippen MR) is 87.3 cm³/mol. The first-order valence-corrected chi connectivity index (χ1v) is 8.14. The molecule has 0 amide bonds. The first-order chi connectivity index (χ1) is 9.87. The molecule has 21 heavy (non-hydrogen) atoms. The van der Waals surface area contributed by atoms with Gasteiger partial charge in [0.2, 0.25) is 0 Å². The van der Waals surface area contributed by atoms with Crippen molar-refractivity contribution in [2.24, 2.45) is 0 Å². The second-order valence-corrected chi connectivity index (χ2v) is 6.74. The van der Waals surface area contributed by atoms with Crippen LogP contribution < -0.4 is 10.1 Å². The lowest BCUT2D eigenvalue weighted by Gasteiger charge is -2.28. The van der Waals surface area contributed by atoms with Crippen LogP contribution in [0, 0.1) is 0 Å². The molecule has 1 aromatic carbocycles. The summed E-state index contributed by atoms with van der Waals surface area (Å²) in [5, 5.41) is 12.5. The maximum atomic E-state index is 11.4. The highest BCUT2D eigenvalue weighted by molar-refractivity contribution is 7.99. The van der Waals surface area contributed by atoms with Crippen molar-refractivity contribution in [2.75, 3.05) is 12.9 Å². The van der Waals surface area contributed by atoms with Gasteiger partial charge in [-0.15, -0.1) is 11.8 Å². The molecule has 0 spiro atoms. The van der Waals surface area contributed by atoms with E-state index in [2.05, 4.69) is 5.32 Å². The topological polar surface area (TPSA) is 58.6 Å². The molecule has 0 fully saturated rings.